The number of carbonyl (C=O) groups is 4. The number of aliphatic hydroxyl groups is 1. The van der Waals surface area contributed by atoms with E-state index in [4.69, 9.17) is 9.47 Å². The Morgan fingerprint density at radius 3 is 2.06 bits per heavy atom. The van der Waals surface area contributed by atoms with Crippen LogP contribution in [0.15, 0.2) is 139 Å². The summed E-state index contributed by atoms with van der Waals surface area (Å²) in [6.07, 6.45) is 1.68. The summed E-state index contributed by atoms with van der Waals surface area (Å²) in [5.74, 6) is -0.716. The van der Waals surface area contributed by atoms with Gasteiger partial charge in [-0.25, -0.2) is 4.98 Å². The van der Waals surface area contributed by atoms with Crippen molar-refractivity contribution in [3.63, 3.8) is 0 Å². The topological polar surface area (TPSA) is 150 Å². The fraction of sp³-hybridized carbons (Fsp3) is 0.339. The van der Waals surface area contributed by atoms with E-state index in [9.17, 15) is 24.3 Å². The number of likely N-dealkylation sites (N-methyl/N-ethyl adjacent to an activating group) is 1. The van der Waals surface area contributed by atoms with Crippen LogP contribution in [0, 0.1) is 12.8 Å². The van der Waals surface area contributed by atoms with Crippen molar-refractivity contribution in [3.05, 3.63) is 178 Å². The second-order valence-electron chi connectivity index (χ2n) is 18.6. The van der Waals surface area contributed by atoms with Gasteiger partial charge in [0.05, 0.1) is 35.3 Å². The molecule has 1 aliphatic rings. The number of amides is 4. The smallest absolute Gasteiger partial charge is 0.246 e. The Labute approximate surface area is 428 Å². The van der Waals surface area contributed by atoms with Crippen LogP contribution >= 0.6 is 11.3 Å². The molecular formula is C59H67N5O7S. The van der Waals surface area contributed by atoms with Gasteiger partial charge in [-0.15, -0.1) is 11.3 Å². The fourth-order valence-electron chi connectivity index (χ4n) is 8.97. The van der Waals surface area contributed by atoms with Crippen molar-refractivity contribution < 1.29 is 33.8 Å². The third kappa shape index (κ3) is 14.4. The van der Waals surface area contributed by atoms with Gasteiger partial charge < -0.3 is 35.0 Å². The van der Waals surface area contributed by atoms with Gasteiger partial charge in [0.2, 0.25) is 23.6 Å². The molecule has 3 atom stereocenters. The molecule has 0 saturated carbocycles. The first-order chi connectivity index (χ1) is 34.9. The minimum absolute atomic E-state index is 0.000694. The second-order valence-corrected chi connectivity index (χ2v) is 19.5. The number of rotatable bonds is 23. The number of benzene rings is 5. The van der Waals surface area contributed by atoms with Crippen LogP contribution in [-0.2, 0) is 43.3 Å². The molecule has 1 aliphatic heterocycles. The van der Waals surface area contributed by atoms with Gasteiger partial charge >= 0.3 is 0 Å². The maximum atomic E-state index is 13.8. The molecule has 12 nitrogen and oxygen atoms in total. The molecule has 5 aromatic carbocycles. The van der Waals surface area contributed by atoms with Crippen molar-refractivity contribution >= 4 is 46.1 Å². The minimum Gasteiger partial charge on any atom is -0.492 e. The quantitative estimate of drug-likeness (QED) is 0.0426. The van der Waals surface area contributed by atoms with E-state index in [1.165, 1.54) is 27.2 Å². The predicted octanol–water partition coefficient (Wildman–Crippen LogP) is 8.94. The molecule has 1 saturated heterocycles. The highest BCUT2D eigenvalue weighted by Crippen LogP contribution is 2.35. The Bertz CT molecular complexity index is 2740. The normalized spacial score (nSPS) is 15.2. The van der Waals surface area contributed by atoms with Crippen LogP contribution in [0.3, 0.4) is 0 Å². The van der Waals surface area contributed by atoms with Gasteiger partial charge in [-0.1, -0.05) is 142 Å². The number of nitrogens with one attached hydrogen (secondary N) is 2. The first-order valence-electron chi connectivity index (χ1n) is 24.9. The van der Waals surface area contributed by atoms with Gasteiger partial charge in [-0.2, -0.15) is 0 Å². The van der Waals surface area contributed by atoms with Crippen LogP contribution in [-0.4, -0.2) is 102 Å². The number of β-amino-alcohol motifs (C(OH)–C–C–N with tert-alkyl or cyclic N) is 1. The van der Waals surface area contributed by atoms with Crippen LogP contribution in [0.2, 0.25) is 0 Å². The molecular weight excluding hydrogens is 923 g/mol. The lowest BCUT2D eigenvalue weighted by atomic mass is 9.88. The summed E-state index contributed by atoms with van der Waals surface area (Å²) >= 11 is 1.58. The molecule has 4 amide bonds. The molecule has 0 spiro atoms. The number of hydrogen-bond acceptors (Lipinski definition) is 9. The maximum Gasteiger partial charge on any atom is 0.246 e. The summed E-state index contributed by atoms with van der Waals surface area (Å²) in [6.45, 7) is 8.96. The number of carbonyl (C=O) groups excluding carboxylic acids is 4. The molecule has 2 heterocycles. The first-order valence-corrected chi connectivity index (χ1v) is 25.8. The number of ether oxygens (including phenoxy) is 2. The van der Waals surface area contributed by atoms with Gasteiger partial charge in [-0.05, 0) is 94.3 Å². The zero-order chi connectivity index (χ0) is 51.0. The molecule has 376 valence electrons. The van der Waals surface area contributed by atoms with Crippen LogP contribution in [0.25, 0.3) is 21.6 Å². The third-order valence-electron chi connectivity index (χ3n) is 13.1. The van der Waals surface area contributed by atoms with E-state index >= 15 is 0 Å². The van der Waals surface area contributed by atoms with E-state index in [1.807, 2.05) is 99.1 Å². The van der Waals surface area contributed by atoms with E-state index in [0.717, 1.165) is 50.6 Å². The van der Waals surface area contributed by atoms with Crippen molar-refractivity contribution in [2.24, 2.45) is 5.92 Å². The van der Waals surface area contributed by atoms with Crippen LogP contribution in [0.1, 0.15) is 79.1 Å². The number of nitrogens with zero attached hydrogens (tertiary/aromatic N) is 3. The molecule has 0 bridgehead atoms. The number of likely N-dealkylation sites (tertiary alicyclic amines) is 1. The third-order valence-corrected chi connectivity index (χ3v) is 14.0. The van der Waals surface area contributed by atoms with Crippen LogP contribution < -0.4 is 15.4 Å². The van der Waals surface area contributed by atoms with E-state index < -0.39 is 30.0 Å². The summed E-state index contributed by atoms with van der Waals surface area (Å²) in [5.41, 5.74) is 12.8. The number of aromatic nitrogens is 1. The van der Waals surface area contributed by atoms with Crippen molar-refractivity contribution in [1.82, 2.24) is 25.4 Å². The van der Waals surface area contributed by atoms with Gasteiger partial charge in [0, 0.05) is 33.0 Å². The molecule has 0 radical (unpaired) electrons. The predicted molar refractivity (Wildman–Crippen MR) is 285 cm³/mol. The fourth-order valence-corrected chi connectivity index (χ4v) is 9.78. The van der Waals surface area contributed by atoms with Crippen LogP contribution in [0.4, 0.5) is 0 Å². The molecule has 3 N–H and O–H groups in total. The Morgan fingerprint density at radius 1 is 0.806 bits per heavy atom. The largest absolute Gasteiger partial charge is 0.492 e. The van der Waals surface area contributed by atoms with E-state index in [0.29, 0.717) is 32.4 Å². The average molecular weight is 990 g/mol. The SMILES string of the molecule is CC/C(=C(\c1ccccc1)c1ccc(OCCN(C)C(=O)CCc2ccc(CCOCC(=O)N[C@H](C(=O)N3C[C@H](O)C[C@H]3C(=O)NCc3ccc(-c4scnc4C)cc3)C(C)C)cc2)cc1)c1ccccc1. The zero-order valence-electron chi connectivity index (χ0n) is 42.0. The number of allylic oxidation sites excluding steroid dienone is 1. The molecule has 1 aromatic heterocycles. The zero-order valence-corrected chi connectivity index (χ0v) is 42.8. The summed E-state index contributed by atoms with van der Waals surface area (Å²) in [4.78, 5) is 61.8. The summed E-state index contributed by atoms with van der Waals surface area (Å²) in [6, 6.07) is 43.3. The molecule has 13 heteroatoms. The van der Waals surface area contributed by atoms with Crippen molar-refractivity contribution in [3.8, 4) is 16.2 Å². The first kappa shape index (κ1) is 52.9. The van der Waals surface area contributed by atoms with E-state index in [2.05, 4.69) is 83.2 Å². The van der Waals surface area contributed by atoms with E-state index in [1.54, 1.807) is 23.3 Å². The summed E-state index contributed by atoms with van der Waals surface area (Å²) in [7, 11) is 1.80. The standard InChI is InChI=1S/C59H67N5O7S/c1-6-51(45-13-9-7-10-14-45)55(46-15-11-8-12-16-46)47-26-28-50(29-27-47)71-34-32-63(5)54(67)30-23-42-17-19-43(20-18-42)31-33-70-38-53(66)62-56(40(2)3)59(69)64-37-49(65)35-52(64)58(68)60-36-44-21-24-48(25-22-44)57-41(4)61-39-72-57/h7-22,24-29,39-40,49,52,56,65H,6,23,30-38H2,1-5H3,(H,60,68)(H,62,66)/b55-51-/t49-,52+,56+/m1/s1. The van der Waals surface area contributed by atoms with Gasteiger partial charge in [0.1, 0.15) is 31.0 Å². The Hall–Kier alpha value is -6.93. The van der Waals surface area contributed by atoms with E-state index in [-0.39, 0.29) is 50.5 Å². The number of aliphatic hydroxyl groups excluding tert-OH is 1. The highest BCUT2D eigenvalue weighted by molar-refractivity contribution is 7.13. The van der Waals surface area contributed by atoms with Gasteiger partial charge in [-0.3, -0.25) is 19.2 Å². The maximum absolute atomic E-state index is 13.8. The highest BCUT2D eigenvalue weighted by atomic mass is 32.1. The Balaban J connectivity index is 0.800. The van der Waals surface area contributed by atoms with Crippen LogP contribution in [0.5, 0.6) is 5.75 Å². The molecule has 0 unspecified atom stereocenters. The average Bonchev–Trinajstić information content (AvgIpc) is 4.02. The number of aryl methyl sites for hydroxylation is 2. The summed E-state index contributed by atoms with van der Waals surface area (Å²) < 4.78 is 11.8. The van der Waals surface area contributed by atoms with Crippen molar-refractivity contribution in [2.75, 3.05) is 40.0 Å². The van der Waals surface area contributed by atoms with Gasteiger partial charge in [0.15, 0.2) is 0 Å². The monoisotopic (exact) mass is 989 g/mol. The number of thiazole rings is 1. The lowest BCUT2D eigenvalue weighted by Gasteiger charge is -2.30. The molecule has 0 aliphatic carbocycles. The second kappa shape index (κ2) is 26.0. The lowest BCUT2D eigenvalue weighted by molar-refractivity contribution is -0.143. The Morgan fingerprint density at radius 2 is 1.43 bits per heavy atom. The minimum atomic E-state index is -0.905. The summed E-state index contributed by atoms with van der Waals surface area (Å²) in [5, 5.41) is 16.3. The molecule has 1 fully saturated rings. The van der Waals surface area contributed by atoms with Crippen molar-refractivity contribution in [2.45, 2.75) is 84.5 Å². The number of hydrogen-bond donors (Lipinski definition) is 3. The Kier molecular flexibility index (Phi) is 19.1. The molecule has 7 rings (SSSR count). The molecule has 72 heavy (non-hydrogen) atoms. The highest BCUT2D eigenvalue weighted by Gasteiger charge is 2.42. The van der Waals surface area contributed by atoms with Gasteiger partial charge in [0.25, 0.3) is 0 Å². The van der Waals surface area contributed by atoms with Crippen molar-refractivity contribution in [1.29, 1.82) is 0 Å². The lowest BCUT2D eigenvalue weighted by Crippen LogP contribution is -2.55. The molecule has 6 aromatic rings.